The Morgan fingerprint density at radius 2 is 2.05 bits per heavy atom. The lowest BCUT2D eigenvalue weighted by atomic mass is 10.6. The van der Waals surface area contributed by atoms with Gasteiger partial charge in [0.25, 0.3) is 10.0 Å². The van der Waals surface area contributed by atoms with Crippen molar-refractivity contribution in [2.24, 2.45) is 0 Å². The number of aromatic nitrogens is 4. The van der Waals surface area contributed by atoms with Crippen LogP contribution in [0.3, 0.4) is 0 Å². The fraction of sp³-hybridized carbons (Fsp3) is 0.300. The fourth-order valence-electron chi connectivity index (χ4n) is 1.36. The quantitative estimate of drug-likeness (QED) is 0.754. The maximum atomic E-state index is 12.0. The fourth-order valence-corrected chi connectivity index (χ4v) is 2.27. The average Bonchev–Trinajstić information content (AvgIpc) is 2.86. The van der Waals surface area contributed by atoms with Gasteiger partial charge in [0.1, 0.15) is 4.90 Å². The second-order valence-corrected chi connectivity index (χ2v) is 5.40. The molecular weight excluding hydrogens is 268 g/mol. The molecule has 0 saturated carbocycles. The minimum absolute atomic E-state index is 0.0328. The van der Waals surface area contributed by atoms with Crippen LogP contribution >= 0.6 is 0 Å². The Balaban J connectivity index is 2.13. The van der Waals surface area contributed by atoms with Gasteiger partial charge in [-0.2, -0.15) is 5.10 Å². The van der Waals surface area contributed by atoms with Crippen LogP contribution in [0.2, 0.25) is 0 Å². The minimum atomic E-state index is -3.70. The monoisotopic (exact) mass is 282 g/mol. The summed E-state index contributed by atoms with van der Waals surface area (Å²) >= 11 is 0. The molecule has 2 aromatic rings. The Bertz CT molecular complexity index is 624. The molecule has 2 N–H and O–H groups in total. The summed E-state index contributed by atoms with van der Waals surface area (Å²) < 4.78 is 27.9. The van der Waals surface area contributed by atoms with E-state index in [1.807, 2.05) is 7.05 Å². The molecule has 2 heterocycles. The van der Waals surface area contributed by atoms with E-state index in [1.165, 1.54) is 24.8 Å². The van der Waals surface area contributed by atoms with Crippen LogP contribution in [-0.2, 0) is 16.6 Å². The summed E-state index contributed by atoms with van der Waals surface area (Å²) in [6, 6.07) is 1.60. The van der Waals surface area contributed by atoms with Gasteiger partial charge >= 0.3 is 0 Å². The van der Waals surface area contributed by atoms with Crippen LogP contribution in [-0.4, -0.2) is 41.8 Å². The second-order valence-electron chi connectivity index (χ2n) is 3.72. The van der Waals surface area contributed by atoms with E-state index >= 15 is 0 Å². The number of nitrogens with zero attached hydrogens (tertiary/aromatic N) is 4. The van der Waals surface area contributed by atoms with E-state index in [-0.39, 0.29) is 10.8 Å². The highest BCUT2D eigenvalue weighted by Crippen LogP contribution is 2.11. The number of nitrogens with one attached hydrogen (secondary N) is 2. The first-order chi connectivity index (χ1) is 9.12. The predicted octanol–water partition coefficient (Wildman–Crippen LogP) is -0.307. The molecule has 0 aromatic carbocycles. The third kappa shape index (κ3) is 3.48. The maximum absolute atomic E-state index is 12.0. The number of likely N-dealkylation sites (N-methyl/N-ethyl adjacent to an activating group) is 1. The van der Waals surface area contributed by atoms with Gasteiger partial charge in [-0.05, 0) is 13.1 Å². The van der Waals surface area contributed by atoms with Crippen molar-refractivity contribution in [3.8, 4) is 0 Å². The van der Waals surface area contributed by atoms with Gasteiger partial charge in [0.2, 0.25) is 5.95 Å². The van der Waals surface area contributed by atoms with E-state index in [2.05, 4.69) is 25.1 Å². The largest absolute Gasteiger partial charge is 0.318 e. The van der Waals surface area contributed by atoms with Crippen LogP contribution in [0, 0.1) is 0 Å². The number of sulfonamides is 1. The lowest BCUT2D eigenvalue weighted by molar-refractivity contribution is 0.582. The molecule has 9 heteroatoms. The number of anilines is 1. The van der Waals surface area contributed by atoms with Crippen LogP contribution in [0.25, 0.3) is 0 Å². The molecule has 0 atom stereocenters. The van der Waals surface area contributed by atoms with E-state index in [0.29, 0.717) is 13.1 Å². The molecular formula is C10H14N6O2S. The second kappa shape index (κ2) is 5.76. The van der Waals surface area contributed by atoms with Crippen molar-refractivity contribution in [1.82, 2.24) is 25.1 Å². The molecule has 0 aliphatic rings. The number of hydrogen-bond acceptors (Lipinski definition) is 6. The van der Waals surface area contributed by atoms with Gasteiger partial charge in [-0.3, -0.25) is 4.68 Å². The Morgan fingerprint density at radius 1 is 1.32 bits per heavy atom. The highest BCUT2D eigenvalue weighted by atomic mass is 32.2. The molecule has 0 amide bonds. The van der Waals surface area contributed by atoms with Gasteiger partial charge in [0, 0.05) is 25.1 Å². The lowest BCUT2D eigenvalue weighted by Gasteiger charge is -2.03. The topological polar surface area (TPSA) is 102 Å². The third-order valence-corrected chi connectivity index (χ3v) is 3.58. The first-order valence-corrected chi connectivity index (χ1v) is 7.07. The summed E-state index contributed by atoms with van der Waals surface area (Å²) in [5.74, 6) is 0.0328. The standard InChI is InChI=1S/C10H14N6O2S/c1-11-5-6-16-8-9(7-14-16)19(17,18)15-10-12-3-2-4-13-10/h2-4,7-8,11H,5-6H2,1H3,(H,12,13,15). The zero-order chi connectivity index (χ0) is 13.7. The van der Waals surface area contributed by atoms with Crippen molar-refractivity contribution in [3.05, 3.63) is 30.9 Å². The molecule has 0 radical (unpaired) electrons. The predicted molar refractivity (Wildman–Crippen MR) is 69.0 cm³/mol. The highest BCUT2D eigenvalue weighted by molar-refractivity contribution is 7.92. The van der Waals surface area contributed by atoms with E-state index in [1.54, 1.807) is 10.7 Å². The highest BCUT2D eigenvalue weighted by Gasteiger charge is 2.17. The molecule has 8 nitrogen and oxygen atoms in total. The molecule has 0 aliphatic heterocycles. The van der Waals surface area contributed by atoms with Crippen LogP contribution in [0.4, 0.5) is 5.95 Å². The molecule has 19 heavy (non-hydrogen) atoms. The summed E-state index contributed by atoms with van der Waals surface area (Å²) in [5, 5.41) is 6.94. The van der Waals surface area contributed by atoms with Gasteiger partial charge in [-0.15, -0.1) is 0 Å². The third-order valence-electron chi connectivity index (χ3n) is 2.30. The Labute approximate surface area is 110 Å². The Kier molecular flexibility index (Phi) is 4.07. The van der Waals surface area contributed by atoms with Gasteiger partial charge in [-0.1, -0.05) is 0 Å². The number of hydrogen-bond donors (Lipinski definition) is 2. The van der Waals surface area contributed by atoms with Crippen molar-refractivity contribution in [3.63, 3.8) is 0 Å². The summed E-state index contributed by atoms with van der Waals surface area (Å²) in [4.78, 5) is 7.69. The molecule has 2 rings (SSSR count). The zero-order valence-corrected chi connectivity index (χ0v) is 11.1. The van der Waals surface area contributed by atoms with Crippen molar-refractivity contribution in [2.45, 2.75) is 11.4 Å². The smallest absolute Gasteiger partial charge is 0.267 e. The van der Waals surface area contributed by atoms with Crippen molar-refractivity contribution >= 4 is 16.0 Å². The SMILES string of the molecule is CNCCn1cc(S(=O)(=O)Nc2ncccn2)cn1. The van der Waals surface area contributed by atoms with Crippen molar-refractivity contribution in [1.29, 1.82) is 0 Å². The zero-order valence-electron chi connectivity index (χ0n) is 10.3. The van der Waals surface area contributed by atoms with Gasteiger partial charge < -0.3 is 5.32 Å². The minimum Gasteiger partial charge on any atom is -0.318 e. The van der Waals surface area contributed by atoms with Crippen molar-refractivity contribution < 1.29 is 8.42 Å². The van der Waals surface area contributed by atoms with E-state index in [9.17, 15) is 8.42 Å². The number of rotatable bonds is 6. The summed E-state index contributed by atoms with van der Waals surface area (Å²) in [7, 11) is -1.88. The molecule has 0 saturated heterocycles. The first kappa shape index (κ1) is 13.4. The van der Waals surface area contributed by atoms with Crippen LogP contribution in [0.15, 0.2) is 35.7 Å². The van der Waals surface area contributed by atoms with Gasteiger partial charge in [0.15, 0.2) is 0 Å². The lowest BCUT2D eigenvalue weighted by Crippen LogP contribution is -2.16. The van der Waals surface area contributed by atoms with Crippen LogP contribution in [0.1, 0.15) is 0 Å². The molecule has 0 spiro atoms. The first-order valence-electron chi connectivity index (χ1n) is 5.59. The molecule has 0 bridgehead atoms. The molecule has 0 unspecified atom stereocenters. The van der Waals surface area contributed by atoms with Gasteiger partial charge in [0.05, 0.1) is 12.7 Å². The summed E-state index contributed by atoms with van der Waals surface area (Å²) in [6.45, 7) is 1.30. The van der Waals surface area contributed by atoms with Gasteiger partial charge in [-0.25, -0.2) is 23.1 Å². The van der Waals surface area contributed by atoms with E-state index in [0.717, 1.165) is 0 Å². The Morgan fingerprint density at radius 3 is 2.74 bits per heavy atom. The molecule has 2 aromatic heterocycles. The summed E-state index contributed by atoms with van der Waals surface area (Å²) in [5.41, 5.74) is 0. The van der Waals surface area contributed by atoms with E-state index in [4.69, 9.17) is 0 Å². The van der Waals surface area contributed by atoms with E-state index < -0.39 is 10.0 Å². The normalized spacial score (nSPS) is 11.4. The molecule has 0 aliphatic carbocycles. The Hall–Kier alpha value is -2.00. The maximum Gasteiger partial charge on any atom is 0.267 e. The average molecular weight is 282 g/mol. The van der Waals surface area contributed by atoms with Crippen LogP contribution < -0.4 is 10.0 Å². The summed E-state index contributed by atoms with van der Waals surface area (Å²) in [6.07, 6.45) is 5.67. The van der Waals surface area contributed by atoms with Crippen molar-refractivity contribution in [2.75, 3.05) is 18.3 Å². The molecule has 0 fully saturated rings. The van der Waals surface area contributed by atoms with Crippen LogP contribution in [0.5, 0.6) is 0 Å². The molecule has 102 valence electrons.